The van der Waals surface area contributed by atoms with E-state index in [9.17, 15) is 0 Å². The van der Waals surface area contributed by atoms with Gasteiger partial charge in [0.15, 0.2) is 0 Å². The third kappa shape index (κ3) is 2.64. The number of rotatable bonds is 3. The maximum absolute atomic E-state index is 6.34. The Morgan fingerprint density at radius 2 is 2.00 bits per heavy atom. The van der Waals surface area contributed by atoms with E-state index in [1.54, 1.807) is 18.4 Å². The summed E-state index contributed by atoms with van der Waals surface area (Å²) >= 11 is 8.73. The summed E-state index contributed by atoms with van der Waals surface area (Å²) in [6, 6.07) is 5.88. The van der Waals surface area contributed by atoms with E-state index in [4.69, 9.17) is 10.5 Å². The summed E-state index contributed by atoms with van der Waals surface area (Å²) in [6.45, 7) is 2.05. The first-order chi connectivity index (χ1) is 8.54. The Labute approximate surface area is 127 Å². The van der Waals surface area contributed by atoms with Crippen molar-refractivity contribution in [2.24, 2.45) is 5.73 Å². The molecule has 0 aliphatic heterocycles. The number of halogens is 2. The maximum Gasteiger partial charge on any atom is 0.134 e. The molecule has 2 aromatic rings. The third-order valence-electron chi connectivity index (χ3n) is 2.77. The van der Waals surface area contributed by atoms with Crippen molar-refractivity contribution < 1.29 is 4.74 Å². The highest BCUT2D eigenvalue weighted by Gasteiger charge is 2.18. The molecule has 96 valence electrons. The number of benzene rings is 1. The summed E-state index contributed by atoms with van der Waals surface area (Å²) < 4.78 is 7.41. The monoisotopic (exact) mass is 389 g/mol. The predicted octanol–water partition coefficient (Wildman–Crippen LogP) is 4.64. The van der Waals surface area contributed by atoms with E-state index >= 15 is 0 Å². The first-order valence-corrected chi connectivity index (χ1v) is 7.83. The lowest BCUT2D eigenvalue weighted by Gasteiger charge is -2.15. The van der Waals surface area contributed by atoms with Crippen LogP contribution in [0.1, 0.15) is 22.0 Å². The van der Waals surface area contributed by atoms with Gasteiger partial charge in [0.05, 0.1) is 18.0 Å². The van der Waals surface area contributed by atoms with Gasteiger partial charge < -0.3 is 10.5 Å². The van der Waals surface area contributed by atoms with Crippen LogP contribution in [0.2, 0.25) is 0 Å². The van der Waals surface area contributed by atoms with Crippen LogP contribution in [0.4, 0.5) is 0 Å². The lowest BCUT2D eigenvalue weighted by molar-refractivity contribution is 0.411. The van der Waals surface area contributed by atoms with Gasteiger partial charge in [-0.3, -0.25) is 0 Å². The zero-order valence-electron chi connectivity index (χ0n) is 10.0. The molecule has 0 radical (unpaired) electrons. The van der Waals surface area contributed by atoms with Gasteiger partial charge in [0.2, 0.25) is 0 Å². The quantitative estimate of drug-likeness (QED) is 0.828. The van der Waals surface area contributed by atoms with E-state index in [1.807, 2.05) is 11.4 Å². The Morgan fingerprint density at radius 1 is 1.28 bits per heavy atom. The summed E-state index contributed by atoms with van der Waals surface area (Å²) in [5.41, 5.74) is 8.56. The topological polar surface area (TPSA) is 35.2 Å². The highest BCUT2D eigenvalue weighted by Crippen LogP contribution is 2.37. The summed E-state index contributed by atoms with van der Waals surface area (Å²) in [5, 5.41) is 1.99. The summed E-state index contributed by atoms with van der Waals surface area (Å²) in [4.78, 5) is 1.04. The highest BCUT2D eigenvalue weighted by atomic mass is 79.9. The van der Waals surface area contributed by atoms with Crippen LogP contribution in [-0.2, 0) is 0 Å². The molecule has 1 unspecified atom stereocenters. The number of thiophene rings is 1. The van der Waals surface area contributed by atoms with E-state index < -0.39 is 0 Å². The molecule has 2 rings (SSSR count). The van der Waals surface area contributed by atoms with Gasteiger partial charge in [-0.15, -0.1) is 11.3 Å². The molecule has 0 amide bonds. The maximum atomic E-state index is 6.34. The highest BCUT2D eigenvalue weighted by molar-refractivity contribution is 9.11. The Bertz CT molecular complexity index is 568. The van der Waals surface area contributed by atoms with Gasteiger partial charge in [0.1, 0.15) is 5.75 Å². The van der Waals surface area contributed by atoms with Gasteiger partial charge in [-0.05, 0) is 41.6 Å². The van der Waals surface area contributed by atoms with Crippen molar-refractivity contribution in [2.45, 2.75) is 13.0 Å². The fourth-order valence-corrected chi connectivity index (χ4v) is 3.69. The fraction of sp³-hybridized carbons (Fsp3) is 0.231. The van der Waals surface area contributed by atoms with Crippen LogP contribution in [0, 0.1) is 6.92 Å². The first-order valence-electron chi connectivity index (χ1n) is 5.37. The number of ether oxygens (including phenoxy) is 1. The van der Waals surface area contributed by atoms with Gasteiger partial charge in [-0.2, -0.15) is 0 Å². The third-order valence-corrected chi connectivity index (χ3v) is 5.29. The van der Waals surface area contributed by atoms with Crippen molar-refractivity contribution in [1.82, 2.24) is 0 Å². The second kappa shape index (κ2) is 5.74. The number of hydrogen-bond donors (Lipinski definition) is 1. The van der Waals surface area contributed by atoms with E-state index in [-0.39, 0.29) is 6.04 Å². The van der Waals surface area contributed by atoms with Gasteiger partial charge in [0, 0.05) is 8.95 Å². The van der Waals surface area contributed by atoms with Crippen LogP contribution in [0.25, 0.3) is 0 Å². The van der Waals surface area contributed by atoms with Gasteiger partial charge >= 0.3 is 0 Å². The van der Waals surface area contributed by atoms with E-state index in [1.165, 1.54) is 5.56 Å². The van der Waals surface area contributed by atoms with E-state index in [0.29, 0.717) is 0 Å². The Morgan fingerprint density at radius 3 is 2.67 bits per heavy atom. The van der Waals surface area contributed by atoms with Crippen LogP contribution < -0.4 is 10.5 Å². The molecule has 0 spiro atoms. The van der Waals surface area contributed by atoms with Gasteiger partial charge in [0.25, 0.3) is 0 Å². The minimum atomic E-state index is -0.189. The van der Waals surface area contributed by atoms with Crippen molar-refractivity contribution in [3.8, 4) is 5.75 Å². The number of hydrogen-bond acceptors (Lipinski definition) is 3. The summed E-state index contributed by atoms with van der Waals surface area (Å²) in [7, 11) is 1.67. The Kier molecular flexibility index (Phi) is 4.48. The molecule has 0 bridgehead atoms. The normalized spacial score (nSPS) is 12.5. The van der Waals surface area contributed by atoms with Crippen molar-refractivity contribution in [1.29, 1.82) is 0 Å². The SMILES string of the molecule is COc1ccsc1C(N)c1cc(Br)c(C)cc1Br. The smallest absolute Gasteiger partial charge is 0.134 e. The molecule has 0 saturated heterocycles. The zero-order chi connectivity index (χ0) is 13.3. The molecule has 2 nitrogen and oxygen atoms in total. The first kappa shape index (κ1) is 14.1. The van der Waals surface area contributed by atoms with Crippen LogP contribution in [0.5, 0.6) is 5.75 Å². The molecule has 0 fully saturated rings. The summed E-state index contributed by atoms with van der Waals surface area (Å²) in [6.07, 6.45) is 0. The molecule has 0 saturated carbocycles. The van der Waals surface area contributed by atoms with Crippen LogP contribution in [0.3, 0.4) is 0 Å². The van der Waals surface area contributed by atoms with E-state index in [2.05, 4.69) is 50.9 Å². The van der Waals surface area contributed by atoms with Crippen molar-refractivity contribution in [2.75, 3.05) is 7.11 Å². The zero-order valence-corrected chi connectivity index (χ0v) is 14.0. The molecule has 2 N–H and O–H groups in total. The van der Waals surface area contributed by atoms with Crippen molar-refractivity contribution in [3.05, 3.63) is 48.5 Å². The Hall–Kier alpha value is -0.360. The standard InChI is InChI=1S/C13H13Br2NOS/c1-7-5-10(15)8(6-9(7)14)12(16)13-11(17-2)3-4-18-13/h3-6,12H,16H2,1-2H3. The molecule has 0 aliphatic rings. The number of methoxy groups -OCH3 is 1. The van der Waals surface area contributed by atoms with Crippen molar-refractivity contribution >= 4 is 43.2 Å². The molecule has 1 aromatic carbocycles. The number of aryl methyl sites for hydroxylation is 1. The largest absolute Gasteiger partial charge is 0.496 e. The van der Waals surface area contributed by atoms with E-state index in [0.717, 1.165) is 25.1 Å². The van der Waals surface area contributed by atoms with Crippen LogP contribution in [-0.4, -0.2) is 7.11 Å². The minimum absolute atomic E-state index is 0.189. The van der Waals surface area contributed by atoms with Crippen LogP contribution in [0.15, 0.2) is 32.5 Å². The average molecular weight is 391 g/mol. The Balaban J connectivity index is 2.46. The molecule has 1 atom stereocenters. The molecule has 1 aromatic heterocycles. The van der Waals surface area contributed by atoms with Gasteiger partial charge in [-0.25, -0.2) is 0 Å². The van der Waals surface area contributed by atoms with Gasteiger partial charge in [-0.1, -0.05) is 31.9 Å². The lowest BCUT2D eigenvalue weighted by atomic mass is 10.0. The second-order valence-electron chi connectivity index (χ2n) is 3.95. The lowest BCUT2D eigenvalue weighted by Crippen LogP contribution is -2.12. The molecule has 1 heterocycles. The molecular formula is C13H13Br2NOS. The molecular weight excluding hydrogens is 378 g/mol. The fourth-order valence-electron chi connectivity index (χ4n) is 1.75. The predicted molar refractivity (Wildman–Crippen MR) is 83.5 cm³/mol. The van der Waals surface area contributed by atoms with Crippen LogP contribution >= 0.6 is 43.2 Å². The molecule has 0 aliphatic carbocycles. The number of nitrogens with two attached hydrogens (primary N) is 1. The second-order valence-corrected chi connectivity index (χ2v) is 6.61. The summed E-state index contributed by atoms with van der Waals surface area (Å²) in [5.74, 6) is 0.844. The van der Waals surface area contributed by atoms with Crippen molar-refractivity contribution in [3.63, 3.8) is 0 Å². The molecule has 5 heteroatoms. The average Bonchev–Trinajstić information content (AvgIpc) is 2.81. The molecule has 18 heavy (non-hydrogen) atoms. The minimum Gasteiger partial charge on any atom is -0.496 e.